The summed E-state index contributed by atoms with van der Waals surface area (Å²) >= 11 is 0. The molecule has 6 heteroatoms. The first kappa shape index (κ1) is 16.4. The third-order valence-electron chi connectivity index (χ3n) is 3.87. The average molecular weight is 312 g/mol. The fourth-order valence-electron chi connectivity index (χ4n) is 2.67. The zero-order valence-corrected chi connectivity index (χ0v) is 13.4. The lowest BCUT2D eigenvalue weighted by atomic mass is 10.2. The van der Waals surface area contributed by atoms with Crippen molar-refractivity contribution in [1.29, 1.82) is 0 Å². The third-order valence-corrected chi connectivity index (χ3v) is 5.38. The van der Waals surface area contributed by atoms with E-state index in [9.17, 15) is 8.42 Å². The molecule has 2 unspecified atom stereocenters. The molecule has 0 amide bonds. The van der Waals surface area contributed by atoms with Crippen molar-refractivity contribution in [1.82, 2.24) is 10.0 Å². The standard InChI is InChI=1S/C15H24N2O3S/c1-3-16-11-12-7-9-13(10-8-12)21(18,19)17-14-5-4-6-15(14)20-2/h7-10,14-17H,3-6,11H2,1-2H3. The van der Waals surface area contributed by atoms with Gasteiger partial charge in [-0.05, 0) is 43.5 Å². The molecule has 118 valence electrons. The molecule has 1 aromatic carbocycles. The van der Waals surface area contributed by atoms with Gasteiger partial charge < -0.3 is 10.1 Å². The predicted molar refractivity (Wildman–Crippen MR) is 82.6 cm³/mol. The molecule has 0 heterocycles. The minimum Gasteiger partial charge on any atom is -0.380 e. The van der Waals surface area contributed by atoms with Gasteiger partial charge in [-0.1, -0.05) is 19.1 Å². The van der Waals surface area contributed by atoms with E-state index in [1.54, 1.807) is 19.2 Å². The molecule has 0 aromatic heterocycles. The van der Waals surface area contributed by atoms with Gasteiger partial charge in [0.05, 0.1) is 11.0 Å². The molecule has 0 spiro atoms. The van der Waals surface area contributed by atoms with Crippen LogP contribution >= 0.6 is 0 Å². The van der Waals surface area contributed by atoms with E-state index < -0.39 is 10.0 Å². The number of benzene rings is 1. The maximum absolute atomic E-state index is 12.4. The Morgan fingerprint density at radius 3 is 2.57 bits per heavy atom. The van der Waals surface area contributed by atoms with E-state index in [1.807, 2.05) is 19.1 Å². The van der Waals surface area contributed by atoms with E-state index in [4.69, 9.17) is 4.74 Å². The number of hydrogen-bond donors (Lipinski definition) is 2. The summed E-state index contributed by atoms with van der Waals surface area (Å²) in [5, 5.41) is 3.21. The Balaban J connectivity index is 2.05. The van der Waals surface area contributed by atoms with Gasteiger partial charge in [-0.2, -0.15) is 0 Å². The van der Waals surface area contributed by atoms with E-state index in [1.165, 1.54) is 0 Å². The Morgan fingerprint density at radius 2 is 1.95 bits per heavy atom. The predicted octanol–water partition coefficient (Wildman–Crippen LogP) is 1.64. The first-order chi connectivity index (χ1) is 10.1. The normalized spacial score (nSPS) is 22.6. The van der Waals surface area contributed by atoms with E-state index in [0.29, 0.717) is 4.90 Å². The maximum Gasteiger partial charge on any atom is 0.240 e. The Bertz CT molecular complexity index is 543. The minimum atomic E-state index is -3.47. The molecule has 1 fully saturated rings. The van der Waals surface area contributed by atoms with Crippen molar-refractivity contribution in [2.45, 2.75) is 49.8 Å². The molecule has 0 bridgehead atoms. The van der Waals surface area contributed by atoms with Crippen LogP contribution in [0.15, 0.2) is 29.2 Å². The minimum absolute atomic E-state index is 0.0206. The molecule has 1 aliphatic rings. The van der Waals surface area contributed by atoms with E-state index >= 15 is 0 Å². The maximum atomic E-state index is 12.4. The first-order valence-corrected chi connectivity index (χ1v) is 8.90. The number of nitrogens with one attached hydrogen (secondary N) is 2. The highest BCUT2D eigenvalue weighted by Gasteiger charge is 2.31. The van der Waals surface area contributed by atoms with Crippen LogP contribution in [0.3, 0.4) is 0 Å². The second-order valence-corrected chi connectivity index (χ2v) is 7.07. The Kier molecular flexibility index (Phi) is 5.75. The van der Waals surface area contributed by atoms with Gasteiger partial charge in [0, 0.05) is 19.7 Å². The van der Waals surface area contributed by atoms with E-state index in [2.05, 4.69) is 10.0 Å². The number of sulfonamides is 1. The van der Waals surface area contributed by atoms with Gasteiger partial charge in [0.15, 0.2) is 0 Å². The zero-order valence-electron chi connectivity index (χ0n) is 12.6. The summed E-state index contributed by atoms with van der Waals surface area (Å²) in [5.41, 5.74) is 1.08. The molecule has 0 saturated heterocycles. The Labute approximate surface area is 127 Å². The number of ether oxygens (including phenoxy) is 1. The molecule has 1 aliphatic carbocycles. The van der Waals surface area contributed by atoms with Crippen molar-refractivity contribution in [3.63, 3.8) is 0 Å². The highest BCUT2D eigenvalue weighted by molar-refractivity contribution is 7.89. The molecular weight excluding hydrogens is 288 g/mol. The van der Waals surface area contributed by atoms with Gasteiger partial charge in [0.25, 0.3) is 0 Å². The summed E-state index contributed by atoms with van der Waals surface area (Å²) in [6.07, 6.45) is 2.71. The lowest BCUT2D eigenvalue weighted by Crippen LogP contribution is -2.40. The fraction of sp³-hybridized carbons (Fsp3) is 0.600. The van der Waals surface area contributed by atoms with E-state index in [0.717, 1.165) is 37.9 Å². The van der Waals surface area contributed by atoms with Crippen LogP contribution in [0.1, 0.15) is 31.7 Å². The number of rotatable bonds is 7. The van der Waals surface area contributed by atoms with Crippen molar-refractivity contribution in [3.05, 3.63) is 29.8 Å². The molecule has 0 aliphatic heterocycles. The summed E-state index contributed by atoms with van der Waals surface area (Å²) in [7, 11) is -1.84. The fourth-order valence-corrected chi connectivity index (χ4v) is 3.96. The molecule has 2 atom stereocenters. The van der Waals surface area contributed by atoms with Crippen LogP contribution in [0.2, 0.25) is 0 Å². The van der Waals surface area contributed by atoms with Gasteiger partial charge in [0.2, 0.25) is 10.0 Å². The molecule has 1 aromatic rings. The van der Waals surface area contributed by atoms with Crippen molar-refractivity contribution < 1.29 is 13.2 Å². The number of methoxy groups -OCH3 is 1. The molecule has 0 radical (unpaired) electrons. The van der Waals surface area contributed by atoms with Crippen LogP contribution in [0, 0.1) is 0 Å². The summed E-state index contributed by atoms with van der Waals surface area (Å²) in [6, 6.07) is 6.89. The van der Waals surface area contributed by atoms with Gasteiger partial charge >= 0.3 is 0 Å². The average Bonchev–Trinajstić information content (AvgIpc) is 2.92. The summed E-state index contributed by atoms with van der Waals surface area (Å²) < 4.78 is 32.9. The largest absolute Gasteiger partial charge is 0.380 e. The molecule has 2 rings (SSSR count). The van der Waals surface area contributed by atoms with Gasteiger partial charge in [-0.15, -0.1) is 0 Å². The lowest BCUT2D eigenvalue weighted by Gasteiger charge is -2.19. The summed E-state index contributed by atoms with van der Waals surface area (Å²) in [5.74, 6) is 0. The van der Waals surface area contributed by atoms with Crippen LogP contribution in [0.4, 0.5) is 0 Å². The summed E-state index contributed by atoms with van der Waals surface area (Å²) in [4.78, 5) is 0.310. The second kappa shape index (κ2) is 7.35. The molecule has 5 nitrogen and oxygen atoms in total. The highest BCUT2D eigenvalue weighted by atomic mass is 32.2. The van der Waals surface area contributed by atoms with Crippen molar-refractivity contribution in [2.24, 2.45) is 0 Å². The highest BCUT2D eigenvalue weighted by Crippen LogP contribution is 2.23. The Hall–Kier alpha value is -0.950. The van der Waals surface area contributed by atoms with Crippen LogP contribution in [0.25, 0.3) is 0 Å². The van der Waals surface area contributed by atoms with Crippen LogP contribution in [-0.2, 0) is 21.3 Å². The zero-order chi connectivity index (χ0) is 15.3. The van der Waals surface area contributed by atoms with Crippen molar-refractivity contribution in [3.8, 4) is 0 Å². The molecular formula is C15H24N2O3S. The lowest BCUT2D eigenvalue weighted by molar-refractivity contribution is 0.0916. The summed E-state index contributed by atoms with van der Waals surface area (Å²) in [6.45, 7) is 3.68. The Morgan fingerprint density at radius 1 is 1.24 bits per heavy atom. The van der Waals surface area contributed by atoms with Crippen LogP contribution < -0.4 is 10.0 Å². The van der Waals surface area contributed by atoms with E-state index in [-0.39, 0.29) is 12.1 Å². The van der Waals surface area contributed by atoms with Gasteiger partial charge in [0.1, 0.15) is 0 Å². The van der Waals surface area contributed by atoms with Gasteiger partial charge in [-0.3, -0.25) is 0 Å². The SMILES string of the molecule is CCNCc1ccc(S(=O)(=O)NC2CCCC2OC)cc1. The molecule has 1 saturated carbocycles. The topological polar surface area (TPSA) is 67.4 Å². The quantitative estimate of drug-likeness (QED) is 0.803. The second-order valence-electron chi connectivity index (χ2n) is 5.36. The van der Waals surface area contributed by atoms with Crippen LogP contribution in [-0.4, -0.2) is 34.2 Å². The molecule has 2 N–H and O–H groups in total. The monoisotopic (exact) mass is 312 g/mol. The third kappa shape index (κ3) is 4.26. The van der Waals surface area contributed by atoms with Crippen molar-refractivity contribution in [2.75, 3.05) is 13.7 Å². The van der Waals surface area contributed by atoms with Crippen LogP contribution in [0.5, 0.6) is 0 Å². The first-order valence-electron chi connectivity index (χ1n) is 7.41. The van der Waals surface area contributed by atoms with Crippen molar-refractivity contribution >= 4 is 10.0 Å². The number of hydrogen-bond acceptors (Lipinski definition) is 4. The smallest absolute Gasteiger partial charge is 0.240 e. The molecule has 21 heavy (non-hydrogen) atoms. The van der Waals surface area contributed by atoms with Gasteiger partial charge in [-0.25, -0.2) is 13.1 Å².